The van der Waals surface area contributed by atoms with Crippen LogP contribution in [0.3, 0.4) is 0 Å². The van der Waals surface area contributed by atoms with Gasteiger partial charge in [0.25, 0.3) is 0 Å². The Hall–Kier alpha value is -0.860. The minimum Gasteiger partial charge on any atom is -0.313 e. The summed E-state index contributed by atoms with van der Waals surface area (Å²) in [5, 5.41) is 6.21. The van der Waals surface area contributed by atoms with Crippen molar-refractivity contribution in [2.24, 2.45) is 11.8 Å². The molecule has 0 aliphatic heterocycles. The highest BCUT2D eigenvalue weighted by atomic mass is 79.9. The SMILES string of the molecule is CNC(c1ccc2cc(Br)ccc2c1)C1CCCC(C)C1. The Bertz CT molecular complexity index is 622. The molecule has 2 heteroatoms. The van der Waals surface area contributed by atoms with E-state index in [0.717, 1.165) is 16.3 Å². The van der Waals surface area contributed by atoms with Gasteiger partial charge in [0, 0.05) is 10.5 Å². The van der Waals surface area contributed by atoms with Crippen LogP contribution >= 0.6 is 15.9 Å². The van der Waals surface area contributed by atoms with E-state index in [-0.39, 0.29) is 0 Å². The van der Waals surface area contributed by atoms with E-state index in [2.05, 4.69) is 71.6 Å². The summed E-state index contributed by atoms with van der Waals surface area (Å²) in [5.41, 5.74) is 1.44. The van der Waals surface area contributed by atoms with Crippen molar-refractivity contribution in [3.05, 3.63) is 46.4 Å². The van der Waals surface area contributed by atoms with Gasteiger partial charge in [0.2, 0.25) is 0 Å². The first-order chi connectivity index (χ1) is 10.2. The molecule has 3 atom stereocenters. The Morgan fingerprint density at radius 3 is 2.62 bits per heavy atom. The van der Waals surface area contributed by atoms with Crippen molar-refractivity contribution in [3.8, 4) is 0 Å². The van der Waals surface area contributed by atoms with Gasteiger partial charge in [-0.1, -0.05) is 53.9 Å². The summed E-state index contributed by atoms with van der Waals surface area (Å²) in [6.07, 6.45) is 5.49. The van der Waals surface area contributed by atoms with Gasteiger partial charge in [-0.15, -0.1) is 0 Å². The first kappa shape index (κ1) is 15.1. The molecule has 0 aromatic heterocycles. The molecule has 0 heterocycles. The Morgan fingerprint density at radius 2 is 1.86 bits per heavy atom. The summed E-state index contributed by atoms with van der Waals surface area (Å²) in [4.78, 5) is 0. The Labute approximate surface area is 136 Å². The van der Waals surface area contributed by atoms with Crippen molar-refractivity contribution in [2.45, 2.75) is 38.6 Å². The van der Waals surface area contributed by atoms with Crippen LogP contribution in [0.4, 0.5) is 0 Å². The molecule has 1 nitrogen and oxygen atoms in total. The molecular formula is C19H24BrN. The summed E-state index contributed by atoms with van der Waals surface area (Å²) in [7, 11) is 2.11. The van der Waals surface area contributed by atoms with Crippen LogP contribution in [-0.4, -0.2) is 7.05 Å². The van der Waals surface area contributed by atoms with Crippen LogP contribution in [0.25, 0.3) is 10.8 Å². The van der Waals surface area contributed by atoms with Crippen molar-refractivity contribution in [2.75, 3.05) is 7.05 Å². The first-order valence-electron chi connectivity index (χ1n) is 8.04. The third kappa shape index (κ3) is 3.32. The molecule has 1 N–H and O–H groups in total. The van der Waals surface area contributed by atoms with E-state index < -0.39 is 0 Å². The Morgan fingerprint density at radius 1 is 1.10 bits per heavy atom. The fourth-order valence-corrected chi connectivity index (χ4v) is 4.27. The van der Waals surface area contributed by atoms with Gasteiger partial charge in [0.05, 0.1) is 0 Å². The van der Waals surface area contributed by atoms with Gasteiger partial charge in [0.1, 0.15) is 0 Å². The van der Waals surface area contributed by atoms with Crippen molar-refractivity contribution in [3.63, 3.8) is 0 Å². The van der Waals surface area contributed by atoms with Crippen LogP contribution < -0.4 is 5.32 Å². The van der Waals surface area contributed by atoms with E-state index >= 15 is 0 Å². The largest absolute Gasteiger partial charge is 0.313 e. The smallest absolute Gasteiger partial charge is 0.0346 e. The van der Waals surface area contributed by atoms with E-state index in [1.54, 1.807) is 0 Å². The maximum atomic E-state index is 3.58. The predicted molar refractivity (Wildman–Crippen MR) is 94.6 cm³/mol. The molecule has 1 aliphatic rings. The van der Waals surface area contributed by atoms with Crippen LogP contribution in [0, 0.1) is 11.8 Å². The lowest BCUT2D eigenvalue weighted by Gasteiger charge is -2.33. The fraction of sp³-hybridized carbons (Fsp3) is 0.474. The Balaban J connectivity index is 1.91. The lowest BCUT2D eigenvalue weighted by Crippen LogP contribution is -2.28. The van der Waals surface area contributed by atoms with Crippen LogP contribution in [0.1, 0.15) is 44.2 Å². The second-order valence-corrected chi connectivity index (χ2v) is 7.46. The molecule has 3 rings (SSSR count). The molecule has 1 aliphatic carbocycles. The minimum absolute atomic E-state index is 0.487. The third-order valence-corrected chi connectivity index (χ3v) is 5.44. The van der Waals surface area contributed by atoms with Crippen LogP contribution in [0.5, 0.6) is 0 Å². The molecule has 0 radical (unpaired) electrons. The molecule has 2 aromatic carbocycles. The van der Waals surface area contributed by atoms with Crippen molar-refractivity contribution in [1.82, 2.24) is 5.32 Å². The van der Waals surface area contributed by atoms with Gasteiger partial charge in [-0.2, -0.15) is 0 Å². The van der Waals surface area contributed by atoms with Crippen molar-refractivity contribution in [1.29, 1.82) is 0 Å². The molecule has 1 fully saturated rings. The first-order valence-corrected chi connectivity index (χ1v) is 8.83. The number of nitrogens with one attached hydrogen (secondary N) is 1. The summed E-state index contributed by atoms with van der Waals surface area (Å²) in [5.74, 6) is 1.64. The topological polar surface area (TPSA) is 12.0 Å². The molecule has 0 bridgehead atoms. The van der Waals surface area contributed by atoms with Gasteiger partial charge in [-0.05, 0) is 66.3 Å². The number of fused-ring (bicyclic) bond motifs is 1. The maximum absolute atomic E-state index is 3.58. The van der Waals surface area contributed by atoms with Gasteiger partial charge >= 0.3 is 0 Å². The highest BCUT2D eigenvalue weighted by Gasteiger charge is 2.26. The summed E-state index contributed by atoms with van der Waals surface area (Å²) in [6.45, 7) is 2.40. The molecule has 0 spiro atoms. The average Bonchev–Trinajstić information content (AvgIpc) is 2.48. The van der Waals surface area contributed by atoms with Crippen molar-refractivity contribution < 1.29 is 0 Å². The monoisotopic (exact) mass is 345 g/mol. The lowest BCUT2D eigenvalue weighted by molar-refractivity contribution is 0.230. The van der Waals surface area contributed by atoms with E-state index in [1.165, 1.54) is 42.0 Å². The third-order valence-electron chi connectivity index (χ3n) is 4.94. The van der Waals surface area contributed by atoms with Crippen LogP contribution in [0.2, 0.25) is 0 Å². The number of rotatable bonds is 3. The summed E-state index contributed by atoms with van der Waals surface area (Å²) >= 11 is 3.55. The second-order valence-electron chi connectivity index (χ2n) is 6.55. The molecule has 1 saturated carbocycles. The number of halogens is 1. The van der Waals surface area contributed by atoms with Gasteiger partial charge in [-0.25, -0.2) is 0 Å². The van der Waals surface area contributed by atoms with Crippen molar-refractivity contribution >= 4 is 26.7 Å². The lowest BCUT2D eigenvalue weighted by atomic mass is 9.76. The summed E-state index contributed by atoms with van der Waals surface area (Å²) < 4.78 is 1.15. The van der Waals surface area contributed by atoms with Gasteiger partial charge in [0.15, 0.2) is 0 Å². The minimum atomic E-state index is 0.487. The quantitative estimate of drug-likeness (QED) is 0.753. The number of hydrogen-bond acceptors (Lipinski definition) is 1. The molecule has 0 amide bonds. The van der Waals surface area contributed by atoms with Crippen LogP contribution in [-0.2, 0) is 0 Å². The molecule has 21 heavy (non-hydrogen) atoms. The zero-order valence-corrected chi connectivity index (χ0v) is 14.5. The van der Waals surface area contributed by atoms with Crippen LogP contribution in [0.15, 0.2) is 40.9 Å². The van der Waals surface area contributed by atoms with E-state index in [4.69, 9.17) is 0 Å². The zero-order chi connectivity index (χ0) is 14.8. The highest BCUT2D eigenvalue weighted by Crippen LogP contribution is 2.37. The second kappa shape index (κ2) is 6.50. The highest BCUT2D eigenvalue weighted by molar-refractivity contribution is 9.10. The number of hydrogen-bond donors (Lipinski definition) is 1. The van der Waals surface area contributed by atoms with Gasteiger partial charge < -0.3 is 5.32 Å². The molecular weight excluding hydrogens is 322 g/mol. The zero-order valence-electron chi connectivity index (χ0n) is 12.9. The van der Waals surface area contributed by atoms with E-state index in [0.29, 0.717) is 6.04 Å². The molecule has 3 unspecified atom stereocenters. The molecule has 0 saturated heterocycles. The average molecular weight is 346 g/mol. The van der Waals surface area contributed by atoms with Gasteiger partial charge in [-0.3, -0.25) is 0 Å². The standard InChI is InChI=1S/C19H24BrN/c1-13-4-3-5-16(10-13)19(21-2)17-7-6-15-12-18(20)9-8-14(15)11-17/h6-9,11-13,16,19,21H,3-5,10H2,1-2H3. The van der Waals surface area contributed by atoms with E-state index in [1.807, 2.05) is 0 Å². The summed E-state index contributed by atoms with van der Waals surface area (Å²) in [6, 6.07) is 13.9. The Kier molecular flexibility index (Phi) is 4.66. The normalized spacial score (nSPS) is 24.1. The maximum Gasteiger partial charge on any atom is 0.0346 e. The predicted octanol–water partition coefficient (Wildman–Crippen LogP) is 5.69. The molecule has 2 aromatic rings. The fourth-order valence-electron chi connectivity index (χ4n) is 3.89. The molecule has 112 valence electrons. The van der Waals surface area contributed by atoms with E-state index in [9.17, 15) is 0 Å². The number of benzene rings is 2.